The molecule has 1 N–H and O–H groups in total. The molecule has 11 heteroatoms. The van der Waals surface area contributed by atoms with Gasteiger partial charge in [-0.2, -0.15) is 18.3 Å². The molecule has 184 valence electrons. The molecule has 1 saturated heterocycles. The maximum absolute atomic E-state index is 13.6. The number of alkyl halides is 3. The summed E-state index contributed by atoms with van der Waals surface area (Å²) in [5.41, 5.74) is -0.0901. The molecular weight excluding hydrogens is 466 g/mol. The van der Waals surface area contributed by atoms with Gasteiger partial charge in [-0.3, -0.25) is 9.59 Å². The summed E-state index contributed by atoms with van der Waals surface area (Å²) in [7, 11) is 0. The summed E-state index contributed by atoms with van der Waals surface area (Å²) in [4.78, 5) is 27.9. The number of nitrogens with zero attached hydrogens (tertiary/aromatic N) is 4. The maximum Gasteiger partial charge on any atom is 0.417 e. The van der Waals surface area contributed by atoms with Crippen molar-refractivity contribution < 1.29 is 27.2 Å². The summed E-state index contributed by atoms with van der Waals surface area (Å²) in [6, 6.07) is 11.4. The number of nitrogens with one attached hydrogen (secondary N) is 1. The van der Waals surface area contributed by atoms with E-state index in [-0.39, 0.29) is 38.6 Å². The van der Waals surface area contributed by atoms with Crippen LogP contribution in [-0.4, -0.2) is 64.1 Å². The molecule has 0 saturated carbocycles. The van der Waals surface area contributed by atoms with Crippen molar-refractivity contribution in [3.63, 3.8) is 0 Å². The van der Waals surface area contributed by atoms with E-state index in [0.29, 0.717) is 24.7 Å². The zero-order chi connectivity index (χ0) is 25.0. The summed E-state index contributed by atoms with van der Waals surface area (Å²) in [5, 5.41) is 7.36. The Balaban J connectivity index is 1.27. The highest BCUT2D eigenvalue weighted by Gasteiger charge is 2.37. The molecule has 1 fully saturated rings. The first kappa shape index (κ1) is 24.4. The van der Waals surface area contributed by atoms with E-state index in [1.54, 1.807) is 15.8 Å². The molecule has 0 radical (unpaired) electrons. The highest BCUT2D eigenvalue weighted by molar-refractivity contribution is 5.96. The normalized spacial score (nSPS) is 14.3. The van der Waals surface area contributed by atoms with Gasteiger partial charge in [0.15, 0.2) is 0 Å². The standard InChI is InChI=1S/C24H23F4N5O2/c25-18-6-7-21(24(26,27)28)20(12-18)23(35)32-10-8-31(9-11-32)22(34)15-29-13-17-14-30-33(16-17)19-4-2-1-3-5-19/h1-7,12,14,16,29H,8-11,13,15H2. The first-order chi connectivity index (χ1) is 16.7. The molecule has 1 aliphatic heterocycles. The van der Waals surface area contributed by atoms with Crippen molar-refractivity contribution in [2.45, 2.75) is 12.7 Å². The second-order valence-electron chi connectivity index (χ2n) is 8.09. The fourth-order valence-corrected chi connectivity index (χ4v) is 3.87. The third-order valence-corrected chi connectivity index (χ3v) is 5.70. The quantitative estimate of drug-likeness (QED) is 0.541. The first-order valence-corrected chi connectivity index (χ1v) is 11.0. The van der Waals surface area contributed by atoms with Crippen molar-refractivity contribution >= 4 is 11.8 Å². The van der Waals surface area contributed by atoms with Gasteiger partial charge in [-0.25, -0.2) is 9.07 Å². The number of carbonyl (C=O) groups is 2. The van der Waals surface area contributed by atoms with Crippen LogP contribution in [0.2, 0.25) is 0 Å². The van der Waals surface area contributed by atoms with E-state index in [2.05, 4.69) is 10.4 Å². The van der Waals surface area contributed by atoms with E-state index in [1.165, 1.54) is 4.90 Å². The van der Waals surface area contributed by atoms with Gasteiger partial charge in [0.1, 0.15) is 5.82 Å². The minimum absolute atomic E-state index is 0.0578. The van der Waals surface area contributed by atoms with E-state index in [9.17, 15) is 27.2 Å². The predicted octanol–water partition coefficient (Wildman–Crippen LogP) is 3.10. The van der Waals surface area contributed by atoms with Gasteiger partial charge in [0.05, 0.1) is 29.6 Å². The molecule has 3 aromatic rings. The Labute approximate surface area is 198 Å². The number of para-hydroxylation sites is 1. The summed E-state index contributed by atoms with van der Waals surface area (Å²) < 4.78 is 55.0. The number of carbonyl (C=O) groups excluding carboxylic acids is 2. The summed E-state index contributed by atoms with van der Waals surface area (Å²) in [6.07, 6.45) is -1.21. The lowest BCUT2D eigenvalue weighted by atomic mass is 10.0. The number of halogens is 4. The number of benzene rings is 2. The molecule has 2 heterocycles. The molecule has 0 unspecified atom stereocenters. The van der Waals surface area contributed by atoms with Crippen molar-refractivity contribution in [3.8, 4) is 5.69 Å². The minimum Gasteiger partial charge on any atom is -0.338 e. The van der Waals surface area contributed by atoms with Gasteiger partial charge in [-0.1, -0.05) is 18.2 Å². The number of aromatic nitrogens is 2. The summed E-state index contributed by atoms with van der Waals surface area (Å²) in [5.74, 6) is -2.01. The van der Waals surface area contributed by atoms with Crippen LogP contribution in [-0.2, 0) is 17.5 Å². The number of hydrogen-bond acceptors (Lipinski definition) is 4. The molecule has 1 aromatic heterocycles. The first-order valence-electron chi connectivity index (χ1n) is 11.0. The number of hydrogen-bond donors (Lipinski definition) is 1. The van der Waals surface area contributed by atoms with Gasteiger partial charge >= 0.3 is 6.18 Å². The monoisotopic (exact) mass is 489 g/mol. The lowest BCUT2D eigenvalue weighted by molar-refractivity contribution is -0.138. The second kappa shape index (κ2) is 10.3. The van der Waals surface area contributed by atoms with E-state index in [1.807, 2.05) is 36.5 Å². The van der Waals surface area contributed by atoms with Crippen LogP contribution in [0.25, 0.3) is 5.69 Å². The Bertz CT molecular complexity index is 1190. The molecule has 35 heavy (non-hydrogen) atoms. The fraction of sp³-hybridized carbons (Fsp3) is 0.292. The smallest absolute Gasteiger partial charge is 0.338 e. The molecular formula is C24H23F4N5O2. The van der Waals surface area contributed by atoms with Gasteiger partial charge < -0.3 is 15.1 Å². The Morgan fingerprint density at radius 2 is 1.66 bits per heavy atom. The van der Waals surface area contributed by atoms with E-state index in [0.717, 1.165) is 11.3 Å². The van der Waals surface area contributed by atoms with Crippen LogP contribution < -0.4 is 5.32 Å². The summed E-state index contributed by atoms with van der Waals surface area (Å²) >= 11 is 0. The van der Waals surface area contributed by atoms with Crippen molar-refractivity contribution in [1.82, 2.24) is 24.9 Å². The molecule has 0 atom stereocenters. The van der Waals surface area contributed by atoms with Crippen molar-refractivity contribution in [3.05, 3.63) is 83.4 Å². The SMILES string of the molecule is O=C(CNCc1cnn(-c2ccccc2)c1)N1CCN(C(=O)c2cc(F)ccc2C(F)(F)F)CC1. The van der Waals surface area contributed by atoms with Gasteiger partial charge in [0.25, 0.3) is 5.91 Å². The highest BCUT2D eigenvalue weighted by atomic mass is 19.4. The zero-order valence-electron chi connectivity index (χ0n) is 18.6. The van der Waals surface area contributed by atoms with Crippen LogP contribution in [0.3, 0.4) is 0 Å². The van der Waals surface area contributed by atoms with E-state index >= 15 is 0 Å². The van der Waals surface area contributed by atoms with Crippen LogP contribution in [0.5, 0.6) is 0 Å². The molecule has 4 rings (SSSR count). The van der Waals surface area contributed by atoms with E-state index in [4.69, 9.17) is 0 Å². The molecule has 1 aliphatic rings. The Kier molecular flexibility index (Phi) is 7.15. The lowest BCUT2D eigenvalue weighted by Crippen LogP contribution is -2.52. The van der Waals surface area contributed by atoms with Crippen molar-refractivity contribution in [2.24, 2.45) is 0 Å². The molecule has 2 amide bonds. The van der Waals surface area contributed by atoms with Crippen LogP contribution in [0, 0.1) is 5.82 Å². The molecule has 0 spiro atoms. The molecule has 0 aliphatic carbocycles. The summed E-state index contributed by atoms with van der Waals surface area (Å²) in [6.45, 7) is 0.956. The van der Waals surface area contributed by atoms with Gasteiger partial charge in [0, 0.05) is 44.5 Å². The fourth-order valence-electron chi connectivity index (χ4n) is 3.87. The number of rotatable bonds is 6. The van der Waals surface area contributed by atoms with Crippen molar-refractivity contribution in [1.29, 1.82) is 0 Å². The van der Waals surface area contributed by atoms with E-state index < -0.39 is 29.0 Å². The van der Waals surface area contributed by atoms with Gasteiger partial charge in [0.2, 0.25) is 5.91 Å². The second-order valence-corrected chi connectivity index (χ2v) is 8.09. The average Bonchev–Trinajstić information content (AvgIpc) is 3.32. The third kappa shape index (κ3) is 5.86. The lowest BCUT2D eigenvalue weighted by Gasteiger charge is -2.35. The molecule has 7 nitrogen and oxygen atoms in total. The Hall–Kier alpha value is -3.73. The number of amides is 2. The van der Waals surface area contributed by atoms with Crippen molar-refractivity contribution in [2.75, 3.05) is 32.7 Å². The average molecular weight is 489 g/mol. The van der Waals surface area contributed by atoms with Gasteiger partial charge in [-0.05, 0) is 30.3 Å². The number of piperazine rings is 1. The molecule has 2 aromatic carbocycles. The zero-order valence-corrected chi connectivity index (χ0v) is 18.6. The van der Waals surface area contributed by atoms with Crippen LogP contribution in [0.15, 0.2) is 60.9 Å². The Morgan fingerprint density at radius 3 is 2.34 bits per heavy atom. The predicted molar refractivity (Wildman–Crippen MR) is 119 cm³/mol. The Morgan fingerprint density at radius 1 is 0.971 bits per heavy atom. The maximum atomic E-state index is 13.6. The third-order valence-electron chi connectivity index (χ3n) is 5.70. The minimum atomic E-state index is -4.78. The largest absolute Gasteiger partial charge is 0.417 e. The molecule has 0 bridgehead atoms. The highest BCUT2D eigenvalue weighted by Crippen LogP contribution is 2.33. The van der Waals surface area contributed by atoms with Gasteiger partial charge in [-0.15, -0.1) is 0 Å². The van der Waals surface area contributed by atoms with Crippen LogP contribution in [0.1, 0.15) is 21.5 Å². The van der Waals surface area contributed by atoms with Crippen LogP contribution in [0.4, 0.5) is 17.6 Å². The topological polar surface area (TPSA) is 70.5 Å². The van der Waals surface area contributed by atoms with Crippen LogP contribution >= 0.6 is 0 Å².